The Morgan fingerprint density at radius 1 is 0.968 bits per heavy atom. The fourth-order valence-corrected chi connectivity index (χ4v) is 5.32. The Balaban J connectivity index is 1.42. The van der Waals surface area contributed by atoms with Crippen LogP contribution in [0.3, 0.4) is 0 Å². The molecule has 0 unspecified atom stereocenters. The number of benzene rings is 2. The van der Waals surface area contributed by atoms with Crippen molar-refractivity contribution in [2.75, 3.05) is 5.32 Å². The largest absolute Gasteiger partial charge is 0.488 e. The van der Waals surface area contributed by atoms with E-state index in [1.54, 1.807) is 29.0 Å². The molecule has 3 aromatic heterocycles. The van der Waals surface area contributed by atoms with Crippen molar-refractivity contribution in [3.8, 4) is 16.2 Å². The third-order valence-electron chi connectivity index (χ3n) is 5.06. The van der Waals surface area contributed by atoms with Crippen LogP contribution in [0.1, 0.15) is 16.7 Å². The molecule has 2 aromatic carbocycles. The molecule has 0 saturated heterocycles. The predicted octanol–water partition coefficient (Wildman–Crippen LogP) is 7.36. The van der Waals surface area contributed by atoms with Crippen LogP contribution in [-0.4, -0.2) is 9.97 Å². The average molecular weight is 444 g/mol. The highest BCUT2D eigenvalue weighted by Crippen LogP contribution is 2.37. The monoisotopic (exact) mass is 443 g/mol. The molecule has 1 N–H and O–H groups in total. The first-order chi connectivity index (χ1) is 15.2. The zero-order chi connectivity index (χ0) is 21.2. The van der Waals surface area contributed by atoms with Crippen LogP contribution >= 0.6 is 22.7 Å². The van der Waals surface area contributed by atoms with E-state index in [0.717, 1.165) is 38.6 Å². The fraction of sp³-hybridized carbons (Fsp3) is 0.120. The molecule has 0 saturated carbocycles. The molecule has 0 atom stereocenters. The molecule has 6 heteroatoms. The van der Waals surface area contributed by atoms with Gasteiger partial charge in [-0.3, -0.25) is 0 Å². The maximum Gasteiger partial charge on any atom is 0.151 e. The Hall–Kier alpha value is -3.22. The minimum Gasteiger partial charge on any atom is -0.488 e. The van der Waals surface area contributed by atoms with Crippen molar-refractivity contribution in [2.24, 2.45) is 0 Å². The molecule has 4 nitrogen and oxygen atoms in total. The topological polar surface area (TPSA) is 47.0 Å². The van der Waals surface area contributed by atoms with Crippen LogP contribution < -0.4 is 10.1 Å². The maximum absolute atomic E-state index is 6.10. The van der Waals surface area contributed by atoms with E-state index in [4.69, 9.17) is 4.74 Å². The van der Waals surface area contributed by atoms with Gasteiger partial charge in [0, 0.05) is 10.6 Å². The number of hydrogen-bond donors (Lipinski definition) is 1. The summed E-state index contributed by atoms with van der Waals surface area (Å²) in [6.07, 6.45) is 1.62. The van der Waals surface area contributed by atoms with Gasteiger partial charge in [-0.25, -0.2) is 9.97 Å². The molecule has 31 heavy (non-hydrogen) atoms. The highest BCUT2D eigenvalue weighted by Gasteiger charge is 2.12. The number of thiophene rings is 2. The molecule has 0 fully saturated rings. The third kappa shape index (κ3) is 4.17. The first kappa shape index (κ1) is 19.7. The Labute approximate surface area is 189 Å². The van der Waals surface area contributed by atoms with Crippen molar-refractivity contribution in [3.05, 3.63) is 88.4 Å². The molecule has 3 heterocycles. The predicted molar refractivity (Wildman–Crippen MR) is 131 cm³/mol. The second-order valence-corrected chi connectivity index (χ2v) is 9.23. The van der Waals surface area contributed by atoms with Gasteiger partial charge in [0.25, 0.3) is 0 Å². The molecular formula is C25H21N3OS2. The van der Waals surface area contributed by atoms with Gasteiger partial charge in [-0.1, -0.05) is 30.3 Å². The lowest BCUT2D eigenvalue weighted by molar-refractivity contribution is 0.302. The Bertz CT molecular complexity index is 1300. The van der Waals surface area contributed by atoms with E-state index in [0.29, 0.717) is 6.61 Å². The number of hydrogen-bond acceptors (Lipinski definition) is 6. The minimum absolute atomic E-state index is 0.585. The number of nitrogens with zero attached hydrogens (tertiary/aromatic N) is 2. The standard InChI is InChI=1S/C25H21N3OS2/c1-16-10-20(11-17(2)23(16)29-13-18-8-9-30-14-18)28-25-24-21(26-15-27-25)12-22(31-24)19-6-4-3-5-7-19/h3-12,14-15H,13H2,1-2H3,(H,26,27,28). The van der Waals surface area contributed by atoms with E-state index in [2.05, 4.69) is 88.4 Å². The smallest absolute Gasteiger partial charge is 0.151 e. The zero-order valence-electron chi connectivity index (χ0n) is 17.3. The van der Waals surface area contributed by atoms with E-state index < -0.39 is 0 Å². The molecule has 0 amide bonds. The second-order valence-electron chi connectivity index (χ2n) is 7.40. The number of aryl methyl sites for hydroxylation is 2. The number of fused-ring (bicyclic) bond motifs is 1. The van der Waals surface area contributed by atoms with Crippen LogP contribution in [-0.2, 0) is 6.61 Å². The van der Waals surface area contributed by atoms with Crippen molar-refractivity contribution >= 4 is 44.4 Å². The Morgan fingerprint density at radius 2 is 1.77 bits per heavy atom. The SMILES string of the molecule is Cc1cc(Nc2ncnc3cc(-c4ccccc4)sc23)cc(C)c1OCc1ccsc1. The van der Waals surface area contributed by atoms with Gasteiger partial charge in [-0.15, -0.1) is 11.3 Å². The van der Waals surface area contributed by atoms with Crippen LogP contribution in [0.2, 0.25) is 0 Å². The molecule has 0 aliphatic carbocycles. The summed E-state index contributed by atoms with van der Waals surface area (Å²) in [5, 5.41) is 7.68. The van der Waals surface area contributed by atoms with Gasteiger partial charge in [0.05, 0.1) is 10.2 Å². The molecule has 0 radical (unpaired) electrons. The summed E-state index contributed by atoms with van der Waals surface area (Å²) in [4.78, 5) is 10.2. The molecule has 0 aliphatic heterocycles. The molecular weight excluding hydrogens is 422 g/mol. The van der Waals surface area contributed by atoms with E-state index in [9.17, 15) is 0 Å². The van der Waals surface area contributed by atoms with E-state index in [1.165, 1.54) is 16.0 Å². The molecule has 5 aromatic rings. The second kappa shape index (κ2) is 8.49. The van der Waals surface area contributed by atoms with Gasteiger partial charge in [0.2, 0.25) is 0 Å². The first-order valence-corrected chi connectivity index (χ1v) is 11.8. The van der Waals surface area contributed by atoms with Gasteiger partial charge in [0.1, 0.15) is 18.7 Å². The van der Waals surface area contributed by atoms with Crippen molar-refractivity contribution in [3.63, 3.8) is 0 Å². The Morgan fingerprint density at radius 3 is 2.52 bits per heavy atom. The number of anilines is 2. The van der Waals surface area contributed by atoms with Crippen LogP contribution in [0.15, 0.2) is 71.7 Å². The summed E-state index contributed by atoms with van der Waals surface area (Å²) in [6, 6.07) is 18.8. The summed E-state index contributed by atoms with van der Waals surface area (Å²) in [5.41, 5.74) is 6.52. The summed E-state index contributed by atoms with van der Waals surface area (Å²) < 4.78 is 7.15. The average Bonchev–Trinajstić information content (AvgIpc) is 3.44. The van der Waals surface area contributed by atoms with Crippen molar-refractivity contribution < 1.29 is 4.74 Å². The van der Waals surface area contributed by atoms with Crippen molar-refractivity contribution in [1.82, 2.24) is 9.97 Å². The van der Waals surface area contributed by atoms with Crippen molar-refractivity contribution in [2.45, 2.75) is 20.5 Å². The van der Waals surface area contributed by atoms with Crippen LogP contribution in [0.4, 0.5) is 11.5 Å². The number of rotatable bonds is 6. The lowest BCUT2D eigenvalue weighted by Gasteiger charge is -2.15. The van der Waals surface area contributed by atoms with Crippen LogP contribution in [0, 0.1) is 13.8 Å². The summed E-state index contributed by atoms with van der Waals surface area (Å²) in [5.74, 6) is 1.76. The Kier molecular flexibility index (Phi) is 5.40. The van der Waals surface area contributed by atoms with Gasteiger partial charge in [-0.05, 0) is 71.1 Å². The van der Waals surface area contributed by atoms with E-state index in [-0.39, 0.29) is 0 Å². The van der Waals surface area contributed by atoms with Gasteiger partial charge < -0.3 is 10.1 Å². The van der Waals surface area contributed by atoms with E-state index in [1.807, 2.05) is 6.07 Å². The lowest BCUT2D eigenvalue weighted by Crippen LogP contribution is -2.00. The highest BCUT2D eigenvalue weighted by molar-refractivity contribution is 7.22. The minimum atomic E-state index is 0.585. The number of aromatic nitrogens is 2. The lowest BCUT2D eigenvalue weighted by atomic mass is 10.1. The molecule has 0 bridgehead atoms. The van der Waals surface area contributed by atoms with Crippen LogP contribution in [0.5, 0.6) is 5.75 Å². The number of nitrogens with one attached hydrogen (secondary N) is 1. The van der Waals surface area contributed by atoms with Crippen LogP contribution in [0.25, 0.3) is 20.7 Å². The summed E-state index contributed by atoms with van der Waals surface area (Å²) in [6.45, 7) is 4.74. The molecule has 0 spiro atoms. The summed E-state index contributed by atoms with van der Waals surface area (Å²) >= 11 is 3.39. The zero-order valence-corrected chi connectivity index (χ0v) is 18.9. The van der Waals surface area contributed by atoms with Crippen molar-refractivity contribution in [1.29, 1.82) is 0 Å². The van der Waals surface area contributed by atoms with Gasteiger partial charge in [0.15, 0.2) is 5.82 Å². The van der Waals surface area contributed by atoms with E-state index >= 15 is 0 Å². The first-order valence-electron chi connectivity index (χ1n) is 9.99. The quantitative estimate of drug-likeness (QED) is 0.298. The molecule has 0 aliphatic rings. The maximum atomic E-state index is 6.10. The fourth-order valence-electron chi connectivity index (χ4n) is 3.61. The molecule has 5 rings (SSSR count). The van der Waals surface area contributed by atoms with Gasteiger partial charge in [-0.2, -0.15) is 11.3 Å². The highest BCUT2D eigenvalue weighted by atomic mass is 32.1. The summed E-state index contributed by atoms with van der Waals surface area (Å²) in [7, 11) is 0. The third-order valence-corrected chi connectivity index (χ3v) is 6.97. The normalized spacial score (nSPS) is 11.0. The molecule has 154 valence electrons. The number of ether oxygens (including phenoxy) is 1. The van der Waals surface area contributed by atoms with Gasteiger partial charge >= 0.3 is 0 Å².